The number of nitrogens with zero attached hydrogens (tertiary/aromatic N) is 4. The van der Waals surface area contributed by atoms with Crippen LogP contribution in [0.1, 0.15) is 32.9 Å². The van der Waals surface area contributed by atoms with Crippen LogP contribution in [-0.4, -0.2) is 31.4 Å². The summed E-state index contributed by atoms with van der Waals surface area (Å²) in [5.74, 6) is 0.0333. The molecule has 0 radical (unpaired) electrons. The number of nitrogen functional groups attached to an aromatic ring is 1. The monoisotopic (exact) mass is 293 g/mol. The normalized spacial score (nSPS) is 29.1. The van der Waals surface area contributed by atoms with Crippen LogP contribution in [0.3, 0.4) is 0 Å². The highest BCUT2D eigenvalue weighted by Gasteiger charge is 2.46. The van der Waals surface area contributed by atoms with Crippen molar-refractivity contribution in [3.05, 3.63) is 12.4 Å². The number of hydrogen-bond donors (Lipinski definition) is 1. The van der Waals surface area contributed by atoms with Crippen molar-refractivity contribution in [2.75, 3.05) is 5.73 Å². The van der Waals surface area contributed by atoms with Crippen molar-refractivity contribution in [2.45, 2.75) is 38.5 Å². The van der Waals surface area contributed by atoms with Gasteiger partial charge in [-0.25, -0.2) is 4.98 Å². The molecule has 2 aromatic heterocycles. The summed E-state index contributed by atoms with van der Waals surface area (Å²) >= 11 is 0. The quantitative estimate of drug-likeness (QED) is 0.679. The number of imidazole rings is 1. The minimum absolute atomic E-state index is 0.0144. The zero-order chi connectivity index (χ0) is 15.2. The molecule has 1 fully saturated rings. The van der Waals surface area contributed by atoms with Gasteiger partial charge in [0, 0.05) is 0 Å². The maximum Gasteiger partial charge on any atom is 0.312 e. The Morgan fingerprint density at radius 3 is 3.00 bits per heavy atom. The van der Waals surface area contributed by atoms with Crippen LogP contribution in [0.4, 0.5) is 10.2 Å². The van der Waals surface area contributed by atoms with Crippen LogP contribution in [0.2, 0.25) is 0 Å². The van der Waals surface area contributed by atoms with E-state index in [1.165, 1.54) is 6.33 Å². The van der Waals surface area contributed by atoms with Gasteiger partial charge in [0.05, 0.1) is 6.33 Å². The zero-order valence-corrected chi connectivity index (χ0v) is 11.8. The molecule has 2 N–H and O–H groups in total. The number of carbonyl (C=O) groups is 1. The SMILES string of the molecule is CC[C@@]1(C=O)O[C@@H](n2cnc3c(N)nc(F)nc32)C[C@@H]1C. The lowest BCUT2D eigenvalue weighted by molar-refractivity contribution is -0.138. The van der Waals surface area contributed by atoms with E-state index in [1.54, 1.807) is 4.57 Å². The van der Waals surface area contributed by atoms with Crippen LogP contribution in [0, 0.1) is 12.0 Å². The van der Waals surface area contributed by atoms with E-state index in [4.69, 9.17) is 10.5 Å². The standard InChI is InChI=1S/C13H16FN5O2/c1-3-13(5-20)7(2)4-8(21-13)19-6-16-9-10(15)17-12(14)18-11(9)19/h5-8H,3-4H2,1-2H3,(H2,15,17,18)/t7-,8+,13-/m0/s1. The average Bonchev–Trinajstić information content (AvgIpc) is 3.00. The molecule has 1 aliphatic rings. The number of anilines is 1. The molecule has 0 unspecified atom stereocenters. The molecule has 112 valence electrons. The Kier molecular flexibility index (Phi) is 3.12. The van der Waals surface area contributed by atoms with Gasteiger partial charge in [0.15, 0.2) is 23.3 Å². The van der Waals surface area contributed by atoms with Gasteiger partial charge in [-0.3, -0.25) is 4.57 Å². The van der Waals surface area contributed by atoms with Crippen LogP contribution >= 0.6 is 0 Å². The molecule has 0 bridgehead atoms. The molecule has 0 saturated carbocycles. The van der Waals surface area contributed by atoms with Gasteiger partial charge in [-0.2, -0.15) is 14.4 Å². The predicted molar refractivity (Wildman–Crippen MR) is 72.7 cm³/mol. The summed E-state index contributed by atoms with van der Waals surface area (Å²) in [5.41, 5.74) is 5.42. The first-order valence-electron chi connectivity index (χ1n) is 6.80. The maximum absolute atomic E-state index is 13.4. The summed E-state index contributed by atoms with van der Waals surface area (Å²) in [6.07, 6.45) is 2.19. The molecular weight excluding hydrogens is 277 g/mol. The number of fused-ring (bicyclic) bond motifs is 1. The Morgan fingerprint density at radius 2 is 2.38 bits per heavy atom. The maximum atomic E-state index is 13.4. The number of hydrogen-bond acceptors (Lipinski definition) is 6. The number of carbonyl (C=O) groups excluding carboxylic acids is 1. The van der Waals surface area contributed by atoms with Gasteiger partial charge in [0.25, 0.3) is 0 Å². The lowest BCUT2D eigenvalue weighted by Gasteiger charge is -2.25. The van der Waals surface area contributed by atoms with Crippen molar-refractivity contribution in [1.29, 1.82) is 0 Å². The minimum atomic E-state index is -0.912. The second kappa shape index (κ2) is 4.73. The third-order valence-corrected chi connectivity index (χ3v) is 4.23. The van der Waals surface area contributed by atoms with E-state index < -0.39 is 17.9 Å². The fourth-order valence-electron chi connectivity index (χ4n) is 2.87. The highest BCUT2D eigenvalue weighted by atomic mass is 19.1. The molecule has 0 spiro atoms. The number of aromatic nitrogens is 4. The zero-order valence-electron chi connectivity index (χ0n) is 11.8. The van der Waals surface area contributed by atoms with Crippen molar-refractivity contribution in [1.82, 2.24) is 19.5 Å². The van der Waals surface area contributed by atoms with E-state index in [-0.39, 0.29) is 17.4 Å². The number of ether oxygens (including phenoxy) is 1. The van der Waals surface area contributed by atoms with E-state index in [9.17, 15) is 9.18 Å². The highest BCUT2D eigenvalue weighted by molar-refractivity contribution is 5.81. The summed E-state index contributed by atoms with van der Waals surface area (Å²) in [5, 5.41) is 0. The lowest BCUT2D eigenvalue weighted by Crippen LogP contribution is -2.35. The predicted octanol–water partition coefficient (Wildman–Crippen LogP) is 1.45. The lowest BCUT2D eigenvalue weighted by atomic mass is 9.88. The van der Waals surface area contributed by atoms with Gasteiger partial charge >= 0.3 is 6.08 Å². The molecule has 2 aromatic rings. The first-order chi connectivity index (χ1) is 10.0. The number of halogens is 1. The van der Waals surface area contributed by atoms with Crippen LogP contribution in [0.5, 0.6) is 0 Å². The average molecular weight is 293 g/mol. The summed E-state index contributed by atoms with van der Waals surface area (Å²) < 4.78 is 20.9. The second-order valence-electron chi connectivity index (χ2n) is 5.34. The molecule has 1 aliphatic heterocycles. The molecule has 0 aromatic carbocycles. The van der Waals surface area contributed by atoms with Gasteiger partial charge in [-0.1, -0.05) is 13.8 Å². The number of nitrogens with two attached hydrogens (primary N) is 1. The summed E-state index contributed by atoms with van der Waals surface area (Å²) in [7, 11) is 0. The fraction of sp³-hybridized carbons (Fsp3) is 0.538. The highest BCUT2D eigenvalue weighted by Crippen LogP contribution is 2.42. The molecule has 0 amide bonds. The van der Waals surface area contributed by atoms with Crippen molar-refractivity contribution in [3.8, 4) is 0 Å². The molecule has 3 atom stereocenters. The van der Waals surface area contributed by atoms with E-state index in [0.717, 1.165) is 6.29 Å². The first-order valence-corrected chi connectivity index (χ1v) is 6.80. The van der Waals surface area contributed by atoms with E-state index in [1.807, 2.05) is 13.8 Å². The summed E-state index contributed by atoms with van der Waals surface area (Å²) in [4.78, 5) is 22.7. The Hall–Kier alpha value is -2.09. The van der Waals surface area contributed by atoms with Gasteiger partial charge in [-0.15, -0.1) is 0 Å². The van der Waals surface area contributed by atoms with E-state index in [0.29, 0.717) is 18.4 Å². The van der Waals surface area contributed by atoms with Gasteiger partial charge in [0.1, 0.15) is 11.8 Å². The van der Waals surface area contributed by atoms with E-state index in [2.05, 4.69) is 15.0 Å². The Balaban J connectivity index is 2.05. The molecule has 1 saturated heterocycles. The molecule has 3 rings (SSSR count). The largest absolute Gasteiger partial charge is 0.382 e. The summed E-state index contributed by atoms with van der Waals surface area (Å²) in [6.45, 7) is 3.86. The van der Waals surface area contributed by atoms with Crippen molar-refractivity contribution in [3.63, 3.8) is 0 Å². The van der Waals surface area contributed by atoms with Crippen molar-refractivity contribution < 1.29 is 13.9 Å². The molecule has 0 aliphatic carbocycles. The van der Waals surface area contributed by atoms with Crippen molar-refractivity contribution >= 4 is 23.3 Å². The minimum Gasteiger partial charge on any atom is -0.382 e. The van der Waals surface area contributed by atoms with Gasteiger partial charge < -0.3 is 15.3 Å². The number of aldehydes is 1. The molecule has 7 nitrogen and oxygen atoms in total. The molecule has 21 heavy (non-hydrogen) atoms. The fourth-order valence-corrected chi connectivity index (χ4v) is 2.87. The number of rotatable bonds is 3. The third kappa shape index (κ3) is 1.98. The Bertz CT molecular complexity index is 703. The molecule has 3 heterocycles. The van der Waals surface area contributed by atoms with Gasteiger partial charge in [0.2, 0.25) is 0 Å². The first kappa shape index (κ1) is 13.9. The smallest absolute Gasteiger partial charge is 0.312 e. The van der Waals surface area contributed by atoms with Crippen LogP contribution in [0.15, 0.2) is 6.33 Å². The Labute approximate surface area is 120 Å². The molecule has 8 heteroatoms. The van der Waals surface area contributed by atoms with Gasteiger partial charge in [-0.05, 0) is 18.8 Å². The molecular formula is C13H16FN5O2. The van der Waals surface area contributed by atoms with E-state index >= 15 is 0 Å². The van der Waals surface area contributed by atoms with Crippen LogP contribution in [-0.2, 0) is 9.53 Å². The van der Waals surface area contributed by atoms with Crippen LogP contribution in [0.25, 0.3) is 11.2 Å². The topological polar surface area (TPSA) is 95.9 Å². The Morgan fingerprint density at radius 1 is 1.62 bits per heavy atom. The third-order valence-electron chi connectivity index (χ3n) is 4.23. The van der Waals surface area contributed by atoms with Crippen LogP contribution < -0.4 is 5.73 Å². The van der Waals surface area contributed by atoms with Crippen molar-refractivity contribution in [2.24, 2.45) is 5.92 Å². The second-order valence-corrected chi connectivity index (χ2v) is 5.34. The summed E-state index contributed by atoms with van der Waals surface area (Å²) in [6, 6.07) is 0.